The van der Waals surface area contributed by atoms with E-state index in [-0.39, 0.29) is 24.4 Å². The van der Waals surface area contributed by atoms with E-state index in [9.17, 15) is 27.2 Å². The van der Waals surface area contributed by atoms with Crippen LogP contribution < -0.4 is 5.32 Å². The number of aromatic nitrogens is 2. The fraction of sp³-hybridized carbons (Fsp3) is 0.556. The quantitative estimate of drug-likeness (QED) is 0.554. The highest BCUT2D eigenvalue weighted by Gasteiger charge is 2.51. The van der Waals surface area contributed by atoms with E-state index in [1.54, 1.807) is 0 Å². The number of alkyl halides is 3. The van der Waals surface area contributed by atoms with E-state index in [0.29, 0.717) is 36.5 Å². The standard InChI is InChI=1S/C27H28F4N4O2/c28-21-8-18(27(29,30)31)1-2-19(21)25(37)35-4-3-20-22(13-35)32-14-33-24(20)34-23(36)12-26-9-15-5-16(10-26)7-17(6-15)11-26/h1-2,8,14-17H,3-7,9-13H2,(H,32,33,34,36). The molecule has 0 saturated heterocycles. The molecule has 0 spiro atoms. The normalized spacial score (nSPS) is 28.2. The summed E-state index contributed by atoms with van der Waals surface area (Å²) in [5, 5.41) is 2.99. The Labute approximate surface area is 211 Å². The summed E-state index contributed by atoms with van der Waals surface area (Å²) in [6.45, 7) is 0.256. The Balaban J connectivity index is 1.14. The number of nitrogens with zero attached hydrogens (tertiary/aromatic N) is 3. The highest BCUT2D eigenvalue weighted by molar-refractivity contribution is 5.95. The van der Waals surface area contributed by atoms with E-state index in [1.807, 2.05) is 0 Å². The topological polar surface area (TPSA) is 75.2 Å². The first kappa shape index (κ1) is 24.3. The Kier molecular flexibility index (Phi) is 5.76. The van der Waals surface area contributed by atoms with Crippen LogP contribution in [0.15, 0.2) is 24.5 Å². The molecule has 4 aliphatic carbocycles. The minimum Gasteiger partial charge on any atom is -0.332 e. The molecule has 1 aromatic heterocycles. The molecule has 2 heterocycles. The van der Waals surface area contributed by atoms with Gasteiger partial charge in [-0.2, -0.15) is 13.2 Å². The van der Waals surface area contributed by atoms with E-state index in [4.69, 9.17) is 0 Å². The zero-order chi connectivity index (χ0) is 25.9. The number of fused-ring (bicyclic) bond motifs is 1. The van der Waals surface area contributed by atoms with Crippen LogP contribution in [0.3, 0.4) is 0 Å². The average Bonchev–Trinajstić information content (AvgIpc) is 2.81. The number of carbonyl (C=O) groups excluding carboxylic acids is 2. The number of benzene rings is 1. The third-order valence-corrected chi connectivity index (χ3v) is 8.78. The Morgan fingerprint density at radius 1 is 1.05 bits per heavy atom. The van der Waals surface area contributed by atoms with Crippen LogP contribution in [0.1, 0.15) is 72.1 Å². The fourth-order valence-corrected chi connectivity index (χ4v) is 7.69. The number of anilines is 1. The first-order valence-corrected chi connectivity index (χ1v) is 12.9. The minimum absolute atomic E-state index is 0.0480. The molecule has 2 aromatic rings. The van der Waals surface area contributed by atoms with Crippen molar-refractivity contribution in [3.8, 4) is 0 Å². The van der Waals surface area contributed by atoms with Crippen molar-refractivity contribution in [2.75, 3.05) is 11.9 Å². The van der Waals surface area contributed by atoms with Crippen molar-refractivity contribution in [2.24, 2.45) is 23.2 Å². The second kappa shape index (κ2) is 8.77. The van der Waals surface area contributed by atoms with Gasteiger partial charge in [0.05, 0.1) is 23.4 Å². The smallest absolute Gasteiger partial charge is 0.332 e. The second-order valence-electron chi connectivity index (χ2n) is 11.5. The predicted molar refractivity (Wildman–Crippen MR) is 126 cm³/mol. The Morgan fingerprint density at radius 2 is 1.73 bits per heavy atom. The van der Waals surface area contributed by atoms with Crippen LogP contribution in [0.5, 0.6) is 0 Å². The Bertz CT molecular complexity index is 1230. The molecule has 4 fully saturated rings. The van der Waals surface area contributed by atoms with Crippen LogP contribution in [-0.2, 0) is 23.9 Å². The number of amides is 2. The van der Waals surface area contributed by atoms with Gasteiger partial charge in [0.25, 0.3) is 5.91 Å². The van der Waals surface area contributed by atoms with Crippen molar-refractivity contribution in [3.63, 3.8) is 0 Å². The van der Waals surface area contributed by atoms with Gasteiger partial charge < -0.3 is 10.2 Å². The molecule has 4 saturated carbocycles. The Morgan fingerprint density at radius 3 is 2.35 bits per heavy atom. The molecule has 1 N–H and O–H groups in total. The van der Waals surface area contributed by atoms with Crippen LogP contribution in [0.25, 0.3) is 0 Å². The number of hydrogen-bond donors (Lipinski definition) is 1. The van der Waals surface area contributed by atoms with Crippen molar-refractivity contribution in [2.45, 2.75) is 64.1 Å². The third kappa shape index (κ3) is 4.59. The molecule has 37 heavy (non-hydrogen) atoms. The summed E-state index contributed by atoms with van der Waals surface area (Å²) in [5.74, 6) is 0.728. The zero-order valence-electron chi connectivity index (χ0n) is 20.3. The molecule has 0 unspecified atom stereocenters. The Hall–Kier alpha value is -3.04. The molecule has 196 valence electrons. The lowest BCUT2D eigenvalue weighted by molar-refractivity contribution is -0.137. The van der Waals surface area contributed by atoms with Gasteiger partial charge in [0.15, 0.2) is 0 Å². The molecule has 5 aliphatic rings. The SMILES string of the molecule is O=C(CC12CC3CC(CC(C3)C1)C2)Nc1ncnc2c1CCN(C(=O)c1ccc(C(F)(F)F)cc1F)C2. The second-order valence-corrected chi connectivity index (χ2v) is 11.5. The highest BCUT2D eigenvalue weighted by atomic mass is 19.4. The molecular formula is C27H28F4N4O2. The molecular weight excluding hydrogens is 488 g/mol. The van der Waals surface area contributed by atoms with Gasteiger partial charge in [-0.15, -0.1) is 0 Å². The summed E-state index contributed by atoms with van der Waals surface area (Å²) in [4.78, 5) is 35.9. The molecule has 0 radical (unpaired) electrons. The van der Waals surface area contributed by atoms with Gasteiger partial charge in [-0.3, -0.25) is 9.59 Å². The predicted octanol–water partition coefficient (Wildman–Crippen LogP) is 5.38. The molecule has 4 bridgehead atoms. The molecule has 1 aliphatic heterocycles. The molecule has 7 rings (SSSR count). The zero-order valence-corrected chi connectivity index (χ0v) is 20.3. The fourth-order valence-electron chi connectivity index (χ4n) is 7.69. The third-order valence-electron chi connectivity index (χ3n) is 8.78. The van der Waals surface area contributed by atoms with Gasteiger partial charge in [-0.1, -0.05) is 0 Å². The molecule has 6 nitrogen and oxygen atoms in total. The van der Waals surface area contributed by atoms with Crippen LogP contribution >= 0.6 is 0 Å². The van der Waals surface area contributed by atoms with Crippen molar-refractivity contribution < 1.29 is 27.2 Å². The van der Waals surface area contributed by atoms with Gasteiger partial charge in [0.1, 0.15) is 18.0 Å². The number of nitrogens with one attached hydrogen (secondary N) is 1. The van der Waals surface area contributed by atoms with Gasteiger partial charge in [-0.05, 0) is 86.3 Å². The summed E-state index contributed by atoms with van der Waals surface area (Å²) in [6, 6.07) is 1.91. The number of halogens is 4. The summed E-state index contributed by atoms with van der Waals surface area (Å²) >= 11 is 0. The number of carbonyl (C=O) groups is 2. The van der Waals surface area contributed by atoms with Gasteiger partial charge in [0.2, 0.25) is 5.91 Å². The largest absolute Gasteiger partial charge is 0.416 e. The van der Waals surface area contributed by atoms with Crippen molar-refractivity contribution in [1.82, 2.24) is 14.9 Å². The van der Waals surface area contributed by atoms with E-state index in [2.05, 4.69) is 15.3 Å². The summed E-state index contributed by atoms with van der Waals surface area (Å²) in [5.41, 5.74) is -0.201. The highest BCUT2D eigenvalue weighted by Crippen LogP contribution is 2.61. The lowest BCUT2D eigenvalue weighted by Gasteiger charge is -2.56. The molecule has 1 aromatic carbocycles. The average molecular weight is 517 g/mol. The number of hydrogen-bond acceptors (Lipinski definition) is 4. The first-order chi connectivity index (χ1) is 17.6. The lowest BCUT2D eigenvalue weighted by atomic mass is 9.49. The maximum atomic E-state index is 14.4. The summed E-state index contributed by atoms with van der Waals surface area (Å²) < 4.78 is 52.9. The van der Waals surface area contributed by atoms with E-state index >= 15 is 0 Å². The number of rotatable bonds is 4. The summed E-state index contributed by atoms with van der Waals surface area (Å²) in [6.07, 6.45) is 4.79. The van der Waals surface area contributed by atoms with Gasteiger partial charge in [-0.25, -0.2) is 14.4 Å². The van der Waals surface area contributed by atoms with Crippen LogP contribution in [0.2, 0.25) is 0 Å². The van der Waals surface area contributed by atoms with Crippen molar-refractivity contribution in [1.29, 1.82) is 0 Å². The first-order valence-electron chi connectivity index (χ1n) is 12.9. The summed E-state index contributed by atoms with van der Waals surface area (Å²) in [7, 11) is 0. The van der Waals surface area contributed by atoms with Crippen molar-refractivity contribution in [3.05, 3.63) is 52.7 Å². The van der Waals surface area contributed by atoms with E-state index < -0.39 is 29.0 Å². The minimum atomic E-state index is -4.69. The molecule has 10 heteroatoms. The van der Waals surface area contributed by atoms with E-state index in [1.165, 1.54) is 30.5 Å². The maximum absolute atomic E-state index is 14.4. The van der Waals surface area contributed by atoms with Gasteiger partial charge in [0, 0.05) is 18.5 Å². The van der Waals surface area contributed by atoms with Gasteiger partial charge >= 0.3 is 6.18 Å². The monoisotopic (exact) mass is 516 g/mol. The molecule has 0 atom stereocenters. The van der Waals surface area contributed by atoms with E-state index in [0.717, 1.165) is 48.6 Å². The van der Waals surface area contributed by atoms with Crippen LogP contribution in [0, 0.1) is 29.0 Å². The molecule has 2 amide bonds. The van der Waals surface area contributed by atoms with Crippen molar-refractivity contribution >= 4 is 17.6 Å². The van der Waals surface area contributed by atoms with Crippen LogP contribution in [0.4, 0.5) is 23.4 Å². The van der Waals surface area contributed by atoms with Crippen LogP contribution in [-0.4, -0.2) is 33.2 Å². The maximum Gasteiger partial charge on any atom is 0.416 e. The lowest BCUT2D eigenvalue weighted by Crippen LogP contribution is -2.47.